The summed E-state index contributed by atoms with van der Waals surface area (Å²) in [5.74, 6) is 0.782. The van der Waals surface area contributed by atoms with Gasteiger partial charge in [0.2, 0.25) is 0 Å². The molecule has 0 bridgehead atoms. The Morgan fingerprint density at radius 1 is 0.800 bits per heavy atom. The summed E-state index contributed by atoms with van der Waals surface area (Å²) >= 11 is 0. The molecule has 5 rings (SSSR count). The van der Waals surface area contributed by atoms with Gasteiger partial charge in [-0.1, -0.05) is 55.8 Å². The average molecular weight is 536 g/mol. The lowest BCUT2D eigenvalue weighted by Crippen LogP contribution is -2.50. The van der Waals surface area contributed by atoms with E-state index < -0.39 is 0 Å². The summed E-state index contributed by atoms with van der Waals surface area (Å²) in [5, 5.41) is 0. The van der Waals surface area contributed by atoms with E-state index in [9.17, 15) is 9.59 Å². The van der Waals surface area contributed by atoms with Crippen LogP contribution in [0, 0.1) is 6.92 Å². The van der Waals surface area contributed by atoms with Crippen molar-refractivity contribution in [1.29, 1.82) is 0 Å². The highest BCUT2D eigenvalue weighted by atomic mass is 16.5. The fourth-order valence-electron chi connectivity index (χ4n) is 5.39. The maximum absolute atomic E-state index is 13.8. The number of para-hydroxylation sites is 1. The van der Waals surface area contributed by atoms with Crippen molar-refractivity contribution in [3.8, 4) is 22.7 Å². The van der Waals surface area contributed by atoms with E-state index in [-0.39, 0.29) is 11.8 Å². The number of hydrogen-bond donors (Lipinski definition) is 0. The molecule has 0 spiro atoms. The third-order valence-electron chi connectivity index (χ3n) is 7.73. The molecule has 3 aromatic carbocycles. The highest BCUT2D eigenvalue weighted by molar-refractivity contribution is 5.98. The first-order chi connectivity index (χ1) is 19.5. The molecule has 4 aromatic rings. The SMILES string of the molecule is CCCCc1ccc(C(=O)N2CCN(C(=O)c3cc(-c4cccc(OC)c4)n(-c4ccccc4)c3C)CC2)cc1. The molecular weight excluding hydrogens is 498 g/mol. The van der Waals surface area contributed by atoms with Gasteiger partial charge in [-0.25, -0.2) is 0 Å². The molecule has 0 radical (unpaired) electrons. The molecule has 40 heavy (non-hydrogen) atoms. The number of nitrogens with zero attached hydrogens (tertiary/aromatic N) is 3. The Balaban J connectivity index is 1.34. The molecule has 0 N–H and O–H groups in total. The number of carbonyl (C=O) groups excluding carboxylic acids is 2. The molecule has 6 heteroatoms. The molecule has 6 nitrogen and oxygen atoms in total. The van der Waals surface area contributed by atoms with Crippen LogP contribution in [0.15, 0.2) is 84.9 Å². The molecule has 2 heterocycles. The number of ether oxygens (including phenoxy) is 1. The number of hydrogen-bond acceptors (Lipinski definition) is 3. The van der Waals surface area contributed by atoms with Crippen molar-refractivity contribution in [1.82, 2.24) is 14.4 Å². The highest BCUT2D eigenvalue weighted by Gasteiger charge is 2.28. The van der Waals surface area contributed by atoms with Crippen molar-refractivity contribution in [2.75, 3.05) is 33.3 Å². The summed E-state index contributed by atoms with van der Waals surface area (Å²) < 4.78 is 7.60. The van der Waals surface area contributed by atoms with Gasteiger partial charge in [0, 0.05) is 48.7 Å². The quantitative estimate of drug-likeness (QED) is 0.262. The van der Waals surface area contributed by atoms with Crippen LogP contribution in [0.4, 0.5) is 0 Å². The molecule has 0 unspecified atom stereocenters. The second-order valence-electron chi connectivity index (χ2n) is 10.3. The van der Waals surface area contributed by atoms with E-state index in [0.29, 0.717) is 37.3 Å². The molecule has 1 saturated heterocycles. The third kappa shape index (κ3) is 5.67. The number of aromatic nitrogens is 1. The Bertz CT molecular complexity index is 1470. The molecular formula is C34H37N3O3. The number of methoxy groups -OCH3 is 1. The molecule has 1 aliphatic rings. The molecule has 2 amide bonds. The lowest BCUT2D eigenvalue weighted by atomic mass is 10.1. The number of piperazine rings is 1. The normalized spacial score (nSPS) is 13.4. The Kier molecular flexibility index (Phi) is 8.34. The number of aryl methyl sites for hydroxylation is 1. The van der Waals surface area contributed by atoms with Gasteiger partial charge in [0.25, 0.3) is 11.8 Å². The molecule has 1 aliphatic heterocycles. The first-order valence-electron chi connectivity index (χ1n) is 14.1. The molecule has 1 aromatic heterocycles. The van der Waals surface area contributed by atoms with Crippen molar-refractivity contribution in [3.63, 3.8) is 0 Å². The lowest BCUT2D eigenvalue weighted by molar-refractivity contribution is 0.0535. The number of carbonyl (C=O) groups is 2. The van der Waals surface area contributed by atoms with Crippen LogP contribution in [0.3, 0.4) is 0 Å². The number of rotatable bonds is 8. The average Bonchev–Trinajstić information content (AvgIpc) is 3.37. The molecule has 0 atom stereocenters. The maximum atomic E-state index is 13.8. The van der Waals surface area contributed by atoms with Crippen molar-refractivity contribution in [2.24, 2.45) is 0 Å². The Morgan fingerprint density at radius 3 is 2.12 bits per heavy atom. The molecule has 0 aliphatic carbocycles. The lowest BCUT2D eigenvalue weighted by Gasteiger charge is -2.35. The number of unbranched alkanes of at least 4 members (excludes halogenated alkanes) is 1. The van der Waals surface area contributed by atoms with Crippen LogP contribution < -0.4 is 4.74 Å². The first-order valence-corrected chi connectivity index (χ1v) is 14.1. The summed E-state index contributed by atoms with van der Waals surface area (Å²) in [6, 6.07) is 27.9. The van der Waals surface area contributed by atoms with Gasteiger partial charge in [-0.05, 0) is 67.8 Å². The number of amides is 2. The minimum atomic E-state index is -0.0105. The van der Waals surface area contributed by atoms with Crippen molar-refractivity contribution < 1.29 is 14.3 Å². The Labute approximate surface area is 236 Å². The maximum Gasteiger partial charge on any atom is 0.255 e. The first kappa shape index (κ1) is 27.3. The van der Waals surface area contributed by atoms with Gasteiger partial charge in [0.1, 0.15) is 5.75 Å². The van der Waals surface area contributed by atoms with Gasteiger partial charge in [-0.3, -0.25) is 9.59 Å². The third-order valence-corrected chi connectivity index (χ3v) is 7.73. The minimum Gasteiger partial charge on any atom is -0.497 e. The van der Waals surface area contributed by atoms with Crippen molar-refractivity contribution in [2.45, 2.75) is 33.1 Å². The predicted octanol–water partition coefficient (Wildman–Crippen LogP) is 6.40. The Morgan fingerprint density at radius 2 is 1.48 bits per heavy atom. The predicted molar refractivity (Wildman–Crippen MR) is 159 cm³/mol. The Hall–Kier alpha value is -4.32. The molecule has 0 saturated carbocycles. The summed E-state index contributed by atoms with van der Waals surface area (Å²) in [5.41, 5.74) is 6.43. The van der Waals surface area contributed by atoms with Crippen LogP contribution in [-0.4, -0.2) is 59.5 Å². The second kappa shape index (κ2) is 12.2. The van der Waals surface area contributed by atoms with Gasteiger partial charge in [0.05, 0.1) is 18.4 Å². The van der Waals surface area contributed by atoms with Crippen molar-refractivity contribution in [3.05, 3.63) is 107 Å². The zero-order valence-corrected chi connectivity index (χ0v) is 23.6. The summed E-state index contributed by atoms with van der Waals surface area (Å²) in [6.07, 6.45) is 3.34. The summed E-state index contributed by atoms with van der Waals surface area (Å²) in [6.45, 7) is 6.22. The zero-order valence-electron chi connectivity index (χ0n) is 23.6. The van der Waals surface area contributed by atoms with E-state index >= 15 is 0 Å². The highest BCUT2D eigenvalue weighted by Crippen LogP contribution is 2.32. The monoisotopic (exact) mass is 535 g/mol. The van der Waals surface area contributed by atoms with Crippen LogP contribution in [-0.2, 0) is 6.42 Å². The van der Waals surface area contributed by atoms with E-state index in [1.807, 2.05) is 89.5 Å². The van der Waals surface area contributed by atoms with E-state index in [0.717, 1.165) is 47.7 Å². The second-order valence-corrected chi connectivity index (χ2v) is 10.3. The summed E-state index contributed by atoms with van der Waals surface area (Å²) in [7, 11) is 1.66. The standard InChI is InChI=1S/C34H37N3O3/c1-4-5-10-26-15-17-27(18-16-26)33(38)35-19-21-36(22-20-35)34(39)31-24-32(28-11-9-14-30(23-28)40-3)37(25(31)2)29-12-7-6-8-13-29/h6-9,11-18,23-24H,4-5,10,19-22H2,1-3H3. The van der Waals surface area contributed by atoms with Gasteiger partial charge < -0.3 is 19.1 Å². The van der Waals surface area contributed by atoms with Gasteiger partial charge >= 0.3 is 0 Å². The van der Waals surface area contributed by atoms with Crippen LogP contribution in [0.2, 0.25) is 0 Å². The van der Waals surface area contributed by atoms with Crippen LogP contribution in [0.1, 0.15) is 51.7 Å². The topological polar surface area (TPSA) is 54.8 Å². The van der Waals surface area contributed by atoms with Crippen LogP contribution in [0.5, 0.6) is 5.75 Å². The van der Waals surface area contributed by atoms with Crippen LogP contribution >= 0.6 is 0 Å². The van der Waals surface area contributed by atoms with Crippen LogP contribution in [0.25, 0.3) is 16.9 Å². The van der Waals surface area contributed by atoms with E-state index in [1.165, 1.54) is 5.56 Å². The fraction of sp³-hybridized carbons (Fsp3) is 0.294. The largest absolute Gasteiger partial charge is 0.497 e. The molecule has 206 valence electrons. The minimum absolute atomic E-state index is 0.0105. The van der Waals surface area contributed by atoms with Gasteiger partial charge in [-0.2, -0.15) is 0 Å². The molecule has 1 fully saturated rings. The van der Waals surface area contributed by atoms with Gasteiger partial charge in [-0.15, -0.1) is 0 Å². The van der Waals surface area contributed by atoms with E-state index in [1.54, 1.807) is 7.11 Å². The van der Waals surface area contributed by atoms with Gasteiger partial charge in [0.15, 0.2) is 0 Å². The smallest absolute Gasteiger partial charge is 0.255 e. The van der Waals surface area contributed by atoms with Crippen molar-refractivity contribution >= 4 is 11.8 Å². The summed E-state index contributed by atoms with van der Waals surface area (Å²) in [4.78, 5) is 30.7. The fourth-order valence-corrected chi connectivity index (χ4v) is 5.39. The zero-order chi connectivity index (χ0) is 28.1. The van der Waals surface area contributed by atoms with E-state index in [2.05, 4.69) is 23.6 Å². The number of benzene rings is 3. The van der Waals surface area contributed by atoms with E-state index in [4.69, 9.17) is 4.74 Å².